The van der Waals surface area contributed by atoms with Crippen molar-refractivity contribution in [2.45, 2.75) is 52.4 Å². The van der Waals surface area contributed by atoms with Crippen molar-refractivity contribution in [1.82, 2.24) is 0 Å². The zero-order valence-corrected chi connectivity index (χ0v) is 20.9. The van der Waals surface area contributed by atoms with Crippen LogP contribution < -0.4 is 19.1 Å². The number of methoxy groups -OCH3 is 3. The molecule has 0 saturated carbocycles. The molecule has 0 aromatic heterocycles. The van der Waals surface area contributed by atoms with Crippen LogP contribution in [0.3, 0.4) is 0 Å². The number of benzene rings is 2. The van der Waals surface area contributed by atoms with Crippen molar-refractivity contribution >= 4 is 17.4 Å². The molecule has 1 aliphatic heterocycles. The Balaban J connectivity index is 1.91. The fraction of sp³-hybridized carbons (Fsp3) is 0.429. The van der Waals surface area contributed by atoms with Crippen LogP contribution in [0.4, 0.5) is 5.69 Å². The zero-order valence-electron chi connectivity index (χ0n) is 20.9. The van der Waals surface area contributed by atoms with Crippen LogP contribution in [0.2, 0.25) is 0 Å². The van der Waals surface area contributed by atoms with Crippen molar-refractivity contribution in [3.05, 3.63) is 58.8 Å². The summed E-state index contributed by atoms with van der Waals surface area (Å²) in [6.45, 7) is 6.27. The molecule has 1 amide bonds. The molecule has 6 nitrogen and oxygen atoms in total. The minimum absolute atomic E-state index is 0.0321. The van der Waals surface area contributed by atoms with Gasteiger partial charge in [0.15, 0.2) is 17.3 Å². The molecule has 1 heterocycles. The zero-order chi connectivity index (χ0) is 24.6. The van der Waals surface area contributed by atoms with Crippen molar-refractivity contribution in [2.75, 3.05) is 26.2 Å². The number of amides is 1. The average Bonchev–Trinajstić information content (AvgIpc) is 2.81. The van der Waals surface area contributed by atoms with Gasteiger partial charge in [-0.25, -0.2) is 0 Å². The van der Waals surface area contributed by atoms with Crippen molar-refractivity contribution in [1.29, 1.82) is 0 Å². The van der Waals surface area contributed by atoms with E-state index >= 15 is 0 Å². The van der Waals surface area contributed by atoms with E-state index in [9.17, 15) is 9.59 Å². The number of carbonyl (C=O) groups is 2. The molecule has 0 saturated heterocycles. The number of hydrogen-bond acceptors (Lipinski definition) is 5. The van der Waals surface area contributed by atoms with Crippen molar-refractivity contribution in [2.24, 2.45) is 5.41 Å². The summed E-state index contributed by atoms with van der Waals surface area (Å²) in [5, 5.41) is 0. The molecule has 0 N–H and O–H groups in total. The molecule has 1 aliphatic carbocycles. The second-order valence-corrected chi connectivity index (χ2v) is 9.76. The monoisotopic (exact) mass is 463 g/mol. The Morgan fingerprint density at radius 3 is 2.12 bits per heavy atom. The predicted molar refractivity (Wildman–Crippen MR) is 132 cm³/mol. The summed E-state index contributed by atoms with van der Waals surface area (Å²) in [5.74, 6) is 1.28. The summed E-state index contributed by atoms with van der Waals surface area (Å²) >= 11 is 0. The van der Waals surface area contributed by atoms with Gasteiger partial charge >= 0.3 is 0 Å². The van der Waals surface area contributed by atoms with Gasteiger partial charge in [-0.2, -0.15) is 0 Å². The Bertz CT molecular complexity index is 1150. The fourth-order valence-electron chi connectivity index (χ4n) is 5.19. The summed E-state index contributed by atoms with van der Waals surface area (Å²) < 4.78 is 16.6. The Kier molecular flexibility index (Phi) is 6.43. The fourth-order valence-corrected chi connectivity index (χ4v) is 5.19. The van der Waals surface area contributed by atoms with E-state index in [2.05, 4.69) is 20.8 Å². The number of rotatable bonds is 6. The Hall–Kier alpha value is -3.28. The third-order valence-corrected chi connectivity index (χ3v) is 6.86. The third-order valence-electron chi connectivity index (χ3n) is 6.86. The maximum atomic E-state index is 13.7. The topological polar surface area (TPSA) is 65.1 Å². The van der Waals surface area contributed by atoms with Gasteiger partial charge in [0.05, 0.1) is 21.3 Å². The second kappa shape index (κ2) is 9.16. The van der Waals surface area contributed by atoms with Crippen LogP contribution in [0.1, 0.15) is 57.1 Å². The van der Waals surface area contributed by atoms with Gasteiger partial charge in [-0.05, 0) is 42.0 Å². The van der Waals surface area contributed by atoms with Crippen molar-refractivity contribution < 1.29 is 23.8 Å². The molecule has 4 rings (SSSR count). The van der Waals surface area contributed by atoms with E-state index in [4.69, 9.17) is 14.2 Å². The molecular weight excluding hydrogens is 430 g/mol. The first kappa shape index (κ1) is 23.9. The van der Waals surface area contributed by atoms with Crippen molar-refractivity contribution in [3.8, 4) is 17.2 Å². The number of anilines is 1. The van der Waals surface area contributed by atoms with Crippen molar-refractivity contribution in [3.63, 3.8) is 0 Å². The minimum atomic E-state index is -0.410. The van der Waals surface area contributed by atoms with Crippen LogP contribution in [-0.2, 0) is 16.0 Å². The number of nitrogens with zero attached hydrogens (tertiary/aromatic N) is 1. The molecule has 0 bridgehead atoms. The quantitative estimate of drug-likeness (QED) is 0.571. The highest BCUT2D eigenvalue weighted by molar-refractivity contribution is 6.08. The third kappa shape index (κ3) is 4.17. The van der Waals surface area contributed by atoms with Gasteiger partial charge in [0, 0.05) is 47.3 Å². The minimum Gasteiger partial charge on any atom is -0.496 e. The smallest absolute Gasteiger partial charge is 0.232 e. The number of allylic oxidation sites excluding steroid dienone is 2. The van der Waals surface area contributed by atoms with Gasteiger partial charge in [0.1, 0.15) is 5.75 Å². The van der Waals surface area contributed by atoms with E-state index < -0.39 is 5.92 Å². The average molecular weight is 464 g/mol. The molecule has 2 aromatic rings. The second-order valence-electron chi connectivity index (χ2n) is 9.76. The standard InChI is InChI=1S/C28H33NO5/c1-7-17-8-10-18(11-9-17)29-21-15-28(2,3)16-22(30)27(21)20(13-26(29)31)19-12-24(33-5)25(34-6)14-23(19)32-4/h8-12,14,20H,7,13,15-16H2,1-6H3. The molecule has 0 spiro atoms. The molecule has 6 heteroatoms. The van der Waals surface area contributed by atoms with E-state index in [1.807, 2.05) is 30.3 Å². The highest BCUT2D eigenvalue weighted by Gasteiger charge is 2.45. The summed E-state index contributed by atoms with van der Waals surface area (Å²) in [4.78, 5) is 29.0. The largest absolute Gasteiger partial charge is 0.496 e. The van der Waals surface area contributed by atoms with Gasteiger partial charge in [-0.3, -0.25) is 14.5 Å². The lowest BCUT2D eigenvalue weighted by Gasteiger charge is -2.43. The van der Waals surface area contributed by atoms with Gasteiger partial charge in [-0.15, -0.1) is 0 Å². The van der Waals surface area contributed by atoms with Gasteiger partial charge in [0.25, 0.3) is 0 Å². The summed E-state index contributed by atoms with van der Waals surface area (Å²) in [6.07, 6.45) is 2.18. The van der Waals surface area contributed by atoms with Crippen LogP contribution in [-0.4, -0.2) is 33.0 Å². The van der Waals surface area contributed by atoms with E-state index in [1.165, 1.54) is 5.56 Å². The van der Waals surface area contributed by atoms with Crippen LogP contribution in [0.25, 0.3) is 0 Å². The Morgan fingerprint density at radius 1 is 0.912 bits per heavy atom. The van der Waals surface area contributed by atoms with Crippen LogP contribution in [0, 0.1) is 5.41 Å². The number of Topliss-reactive ketones (excluding diaryl/α,β-unsaturated/α-hetero) is 1. The molecular formula is C28H33NO5. The molecule has 34 heavy (non-hydrogen) atoms. The molecule has 0 fully saturated rings. The van der Waals surface area contributed by atoms with Gasteiger partial charge in [-0.1, -0.05) is 32.9 Å². The van der Waals surface area contributed by atoms with Crippen LogP contribution in [0.15, 0.2) is 47.7 Å². The predicted octanol–water partition coefficient (Wildman–Crippen LogP) is 5.44. The lowest BCUT2D eigenvalue weighted by molar-refractivity contribution is -0.121. The maximum Gasteiger partial charge on any atom is 0.232 e. The lowest BCUT2D eigenvalue weighted by Crippen LogP contribution is -2.43. The summed E-state index contributed by atoms with van der Waals surface area (Å²) in [5.41, 5.74) is 4.03. The summed E-state index contributed by atoms with van der Waals surface area (Å²) in [7, 11) is 4.72. The van der Waals surface area contributed by atoms with Gasteiger partial charge in [0.2, 0.25) is 5.91 Å². The molecule has 2 aromatic carbocycles. The molecule has 180 valence electrons. The number of carbonyl (C=O) groups excluding carboxylic acids is 2. The Morgan fingerprint density at radius 2 is 1.53 bits per heavy atom. The molecule has 0 radical (unpaired) electrons. The molecule has 2 aliphatic rings. The number of ether oxygens (including phenoxy) is 3. The van der Waals surface area contributed by atoms with Gasteiger partial charge < -0.3 is 14.2 Å². The molecule has 1 atom stereocenters. The van der Waals surface area contributed by atoms with E-state index in [0.29, 0.717) is 35.7 Å². The Labute approximate surface area is 201 Å². The number of aryl methyl sites for hydroxylation is 1. The first-order valence-corrected chi connectivity index (χ1v) is 11.7. The van der Waals surface area contributed by atoms with Crippen LogP contribution in [0.5, 0.6) is 17.2 Å². The first-order valence-electron chi connectivity index (χ1n) is 11.7. The highest BCUT2D eigenvalue weighted by atomic mass is 16.5. The highest BCUT2D eigenvalue weighted by Crippen LogP contribution is 2.51. The molecule has 1 unspecified atom stereocenters. The SMILES string of the molecule is CCc1ccc(N2C(=O)CC(c3cc(OC)c(OC)cc3OC)C3=C2CC(C)(C)CC3=O)cc1. The number of ketones is 1. The normalized spacial score (nSPS) is 19.7. The van der Waals surface area contributed by atoms with Crippen LogP contribution >= 0.6 is 0 Å². The van der Waals surface area contributed by atoms with E-state index in [-0.39, 0.29) is 23.5 Å². The summed E-state index contributed by atoms with van der Waals surface area (Å²) in [6, 6.07) is 11.6. The number of hydrogen-bond donors (Lipinski definition) is 0. The van der Waals surface area contributed by atoms with E-state index in [1.54, 1.807) is 32.3 Å². The van der Waals surface area contributed by atoms with E-state index in [0.717, 1.165) is 23.4 Å². The lowest BCUT2D eigenvalue weighted by atomic mass is 9.69. The first-order chi connectivity index (χ1) is 16.2. The maximum absolute atomic E-state index is 13.7.